The van der Waals surface area contributed by atoms with Gasteiger partial charge in [-0.1, -0.05) is 30.3 Å². The van der Waals surface area contributed by atoms with Crippen LogP contribution in [0.15, 0.2) is 36.5 Å². The molecule has 9 heteroatoms. The van der Waals surface area contributed by atoms with Gasteiger partial charge in [-0.3, -0.25) is 10.00 Å². The second-order valence-electron chi connectivity index (χ2n) is 6.72. The summed E-state index contributed by atoms with van der Waals surface area (Å²) >= 11 is 0. The zero-order valence-electron chi connectivity index (χ0n) is 15.1. The van der Waals surface area contributed by atoms with Crippen LogP contribution in [0.3, 0.4) is 0 Å². The minimum Gasteiger partial charge on any atom is -0.444 e. The van der Waals surface area contributed by atoms with Crippen molar-refractivity contribution >= 4 is 17.6 Å². The molecule has 1 fully saturated rings. The number of rotatable bonds is 4. The summed E-state index contributed by atoms with van der Waals surface area (Å²) in [5.74, 6) is -2.51. The zero-order chi connectivity index (χ0) is 19.4. The standard InChI is InChI=1S/C18H23F2N5O2/c1-24-16(25-8-7-14(21)9-18(19,20)12-25)15(10-22-24)23-17(26)27-11-13-5-3-2-4-6-13/h2-6,10,14H,7-9,11-12,21H2,1H3,(H,23,26)/t14-/m0/s1. The van der Waals surface area contributed by atoms with E-state index in [1.807, 2.05) is 30.3 Å². The van der Waals surface area contributed by atoms with Crippen molar-refractivity contribution in [2.75, 3.05) is 23.3 Å². The number of aryl methyl sites for hydroxylation is 1. The van der Waals surface area contributed by atoms with E-state index < -0.39 is 24.6 Å². The highest BCUT2D eigenvalue weighted by Crippen LogP contribution is 2.32. The second kappa shape index (κ2) is 7.91. The van der Waals surface area contributed by atoms with Crippen LogP contribution in [0.4, 0.5) is 25.1 Å². The number of carbonyl (C=O) groups is 1. The predicted molar refractivity (Wildman–Crippen MR) is 97.8 cm³/mol. The Morgan fingerprint density at radius 2 is 2.15 bits per heavy atom. The van der Waals surface area contributed by atoms with E-state index in [4.69, 9.17) is 10.5 Å². The van der Waals surface area contributed by atoms with E-state index in [9.17, 15) is 13.6 Å². The van der Waals surface area contributed by atoms with Gasteiger partial charge in [-0.15, -0.1) is 0 Å². The van der Waals surface area contributed by atoms with Gasteiger partial charge in [-0.25, -0.2) is 13.6 Å². The van der Waals surface area contributed by atoms with Gasteiger partial charge in [0.1, 0.15) is 12.3 Å². The molecule has 1 saturated heterocycles. The molecule has 1 amide bonds. The van der Waals surface area contributed by atoms with Gasteiger partial charge in [-0.05, 0) is 12.0 Å². The molecule has 7 nitrogen and oxygen atoms in total. The molecule has 1 aliphatic heterocycles. The van der Waals surface area contributed by atoms with Gasteiger partial charge in [0.15, 0.2) is 5.82 Å². The fraction of sp³-hybridized carbons (Fsp3) is 0.444. The van der Waals surface area contributed by atoms with Crippen LogP contribution in [0.2, 0.25) is 0 Å². The van der Waals surface area contributed by atoms with Crippen LogP contribution in [-0.2, 0) is 18.4 Å². The number of nitrogens with two attached hydrogens (primary N) is 1. The van der Waals surface area contributed by atoms with E-state index in [1.165, 1.54) is 15.8 Å². The first kappa shape index (κ1) is 19.1. The second-order valence-corrected chi connectivity index (χ2v) is 6.72. The van der Waals surface area contributed by atoms with Crippen molar-refractivity contribution in [1.82, 2.24) is 9.78 Å². The molecule has 2 aromatic rings. The van der Waals surface area contributed by atoms with Crippen molar-refractivity contribution < 1.29 is 18.3 Å². The number of ether oxygens (including phenoxy) is 1. The maximum Gasteiger partial charge on any atom is 0.412 e. The summed E-state index contributed by atoms with van der Waals surface area (Å²) in [5.41, 5.74) is 6.93. The third kappa shape index (κ3) is 4.94. The van der Waals surface area contributed by atoms with E-state index in [-0.39, 0.29) is 13.0 Å². The molecule has 1 atom stereocenters. The summed E-state index contributed by atoms with van der Waals surface area (Å²) in [6, 6.07) is 8.68. The Morgan fingerprint density at radius 3 is 2.89 bits per heavy atom. The smallest absolute Gasteiger partial charge is 0.412 e. The molecule has 3 rings (SSSR count). The van der Waals surface area contributed by atoms with Gasteiger partial charge in [0.25, 0.3) is 5.92 Å². The summed E-state index contributed by atoms with van der Waals surface area (Å²) in [6.45, 7) is -0.0169. The fourth-order valence-corrected chi connectivity index (χ4v) is 3.17. The number of alkyl halides is 2. The largest absolute Gasteiger partial charge is 0.444 e. The number of hydrogen-bond acceptors (Lipinski definition) is 5. The summed E-state index contributed by atoms with van der Waals surface area (Å²) < 4.78 is 34.9. The van der Waals surface area contributed by atoms with Crippen molar-refractivity contribution in [1.29, 1.82) is 0 Å². The average molecular weight is 379 g/mol. The normalized spacial score (nSPS) is 19.4. The highest BCUT2D eigenvalue weighted by atomic mass is 19.3. The summed E-state index contributed by atoms with van der Waals surface area (Å²) in [4.78, 5) is 13.6. The monoisotopic (exact) mass is 379 g/mol. The number of amides is 1. The Labute approximate surface area is 156 Å². The van der Waals surface area contributed by atoms with E-state index in [1.54, 1.807) is 7.05 Å². The van der Waals surface area contributed by atoms with Crippen LogP contribution >= 0.6 is 0 Å². The average Bonchev–Trinajstić information content (AvgIpc) is 2.90. The maximum absolute atomic E-state index is 14.1. The van der Waals surface area contributed by atoms with E-state index in [0.29, 0.717) is 24.5 Å². The Balaban J connectivity index is 1.69. The molecule has 0 unspecified atom stereocenters. The number of benzene rings is 1. The highest BCUT2D eigenvalue weighted by Gasteiger charge is 2.38. The van der Waals surface area contributed by atoms with E-state index >= 15 is 0 Å². The molecule has 0 saturated carbocycles. The molecule has 1 aromatic heterocycles. The Bertz CT molecular complexity index is 781. The number of hydrogen-bond donors (Lipinski definition) is 2. The summed E-state index contributed by atoms with van der Waals surface area (Å²) in [6.07, 6.45) is 0.815. The lowest BCUT2D eigenvalue weighted by Gasteiger charge is -2.26. The van der Waals surface area contributed by atoms with Gasteiger partial charge < -0.3 is 15.4 Å². The lowest BCUT2D eigenvalue weighted by Crippen LogP contribution is -2.37. The summed E-state index contributed by atoms with van der Waals surface area (Å²) in [5, 5.41) is 6.68. The molecular formula is C18H23F2N5O2. The number of nitrogens with one attached hydrogen (secondary N) is 1. The molecule has 1 aromatic carbocycles. The Morgan fingerprint density at radius 1 is 1.41 bits per heavy atom. The lowest BCUT2D eigenvalue weighted by atomic mass is 10.1. The van der Waals surface area contributed by atoms with Gasteiger partial charge in [0, 0.05) is 26.1 Å². The third-order valence-corrected chi connectivity index (χ3v) is 4.41. The molecular weight excluding hydrogens is 356 g/mol. The van der Waals surface area contributed by atoms with Crippen LogP contribution in [0.1, 0.15) is 18.4 Å². The van der Waals surface area contributed by atoms with E-state index in [0.717, 1.165) is 5.56 Å². The minimum atomic E-state index is -2.91. The van der Waals surface area contributed by atoms with Crippen LogP contribution < -0.4 is 16.0 Å². The molecule has 0 aliphatic carbocycles. The minimum absolute atomic E-state index is 0.110. The van der Waals surface area contributed by atoms with Crippen molar-refractivity contribution in [3.63, 3.8) is 0 Å². The van der Waals surface area contributed by atoms with Crippen molar-refractivity contribution in [2.24, 2.45) is 12.8 Å². The molecule has 146 valence electrons. The first-order valence-corrected chi connectivity index (χ1v) is 8.72. The van der Waals surface area contributed by atoms with Crippen molar-refractivity contribution in [3.8, 4) is 0 Å². The SMILES string of the molecule is Cn1ncc(NC(=O)OCc2ccccc2)c1N1CC[C@H](N)CC(F)(F)C1. The Kier molecular flexibility index (Phi) is 5.59. The third-order valence-electron chi connectivity index (χ3n) is 4.41. The van der Waals surface area contributed by atoms with Crippen LogP contribution in [0.25, 0.3) is 0 Å². The fourth-order valence-electron chi connectivity index (χ4n) is 3.17. The van der Waals surface area contributed by atoms with Gasteiger partial charge in [0.05, 0.1) is 12.7 Å². The number of carbonyl (C=O) groups excluding carboxylic acids is 1. The summed E-state index contributed by atoms with van der Waals surface area (Å²) in [7, 11) is 1.64. The quantitative estimate of drug-likeness (QED) is 0.853. The van der Waals surface area contributed by atoms with Crippen molar-refractivity contribution in [3.05, 3.63) is 42.1 Å². The van der Waals surface area contributed by atoms with E-state index in [2.05, 4.69) is 10.4 Å². The maximum atomic E-state index is 14.1. The van der Waals surface area contributed by atoms with Crippen LogP contribution in [0, 0.1) is 0 Å². The molecule has 3 N–H and O–H groups in total. The number of nitrogens with zero attached hydrogens (tertiary/aromatic N) is 3. The molecule has 1 aliphatic rings. The zero-order valence-corrected chi connectivity index (χ0v) is 15.1. The van der Waals surface area contributed by atoms with Crippen LogP contribution in [0.5, 0.6) is 0 Å². The number of anilines is 2. The van der Waals surface area contributed by atoms with Gasteiger partial charge in [-0.2, -0.15) is 5.10 Å². The molecule has 0 bridgehead atoms. The van der Waals surface area contributed by atoms with Gasteiger partial charge >= 0.3 is 6.09 Å². The van der Waals surface area contributed by atoms with Crippen LogP contribution in [-0.4, -0.2) is 40.9 Å². The lowest BCUT2D eigenvalue weighted by molar-refractivity contribution is -0.000524. The molecule has 2 heterocycles. The topological polar surface area (TPSA) is 85.4 Å². The highest BCUT2D eigenvalue weighted by molar-refractivity contribution is 5.88. The predicted octanol–water partition coefficient (Wildman–Crippen LogP) is 2.73. The van der Waals surface area contributed by atoms with Crippen molar-refractivity contribution in [2.45, 2.75) is 31.4 Å². The molecule has 27 heavy (non-hydrogen) atoms. The number of aromatic nitrogens is 2. The number of halogens is 2. The first-order chi connectivity index (χ1) is 12.8. The van der Waals surface area contributed by atoms with Gasteiger partial charge in [0.2, 0.25) is 0 Å². The Hall–Kier alpha value is -2.68. The first-order valence-electron chi connectivity index (χ1n) is 8.72. The molecule has 0 spiro atoms. The molecule has 0 radical (unpaired) electrons.